The van der Waals surface area contributed by atoms with Gasteiger partial charge in [-0.25, -0.2) is 4.79 Å². The molecule has 10 heteroatoms. The van der Waals surface area contributed by atoms with Gasteiger partial charge in [0.1, 0.15) is 0 Å². The molecule has 2 rings (SSSR count). The highest BCUT2D eigenvalue weighted by Gasteiger charge is 2.42. The predicted octanol–water partition coefficient (Wildman–Crippen LogP) is 2.80. The van der Waals surface area contributed by atoms with Crippen LogP contribution in [0.1, 0.15) is 33.6 Å². The van der Waals surface area contributed by atoms with Gasteiger partial charge in [0.15, 0.2) is 0 Å². The molecule has 1 aliphatic heterocycles. The summed E-state index contributed by atoms with van der Waals surface area (Å²) in [6, 6.07) is 2.96. The van der Waals surface area contributed by atoms with E-state index in [4.69, 9.17) is 0 Å². The Balaban J connectivity index is 2.33. The van der Waals surface area contributed by atoms with Crippen molar-refractivity contribution in [3.63, 3.8) is 0 Å². The van der Waals surface area contributed by atoms with Crippen molar-refractivity contribution in [3.8, 4) is 0 Å². The van der Waals surface area contributed by atoms with Crippen molar-refractivity contribution < 1.29 is 32.4 Å². The minimum absolute atomic E-state index is 0.0738. The molecule has 0 aliphatic carbocycles. The van der Waals surface area contributed by atoms with Gasteiger partial charge in [0.05, 0.1) is 23.5 Å². The van der Waals surface area contributed by atoms with Gasteiger partial charge in [-0.2, -0.15) is 13.2 Å². The average molecular weight is 360 g/mol. The number of carbonyl (C=O) groups is 2. The Morgan fingerprint density at radius 1 is 1.28 bits per heavy atom. The summed E-state index contributed by atoms with van der Waals surface area (Å²) >= 11 is 0. The number of hydrogen-bond acceptors (Lipinski definition) is 5. The number of nitro groups is 1. The fourth-order valence-corrected chi connectivity index (χ4v) is 2.69. The lowest BCUT2D eigenvalue weighted by atomic mass is 9.96. The predicted molar refractivity (Wildman–Crippen MR) is 79.1 cm³/mol. The van der Waals surface area contributed by atoms with E-state index in [-0.39, 0.29) is 30.5 Å². The Bertz CT molecular complexity index is 705. The largest absolute Gasteiger partial charge is 0.465 e. The van der Waals surface area contributed by atoms with Crippen LogP contribution in [0.4, 0.5) is 18.9 Å². The second-order valence-electron chi connectivity index (χ2n) is 5.65. The first-order chi connectivity index (χ1) is 11.6. The maximum Gasteiger partial charge on any atom is 0.393 e. The van der Waals surface area contributed by atoms with Crippen molar-refractivity contribution in [3.05, 3.63) is 39.4 Å². The number of rotatable bonds is 3. The molecule has 1 aliphatic rings. The minimum Gasteiger partial charge on any atom is -0.465 e. The number of ether oxygens (including phenoxy) is 1. The molecule has 0 radical (unpaired) electrons. The number of benzene rings is 1. The monoisotopic (exact) mass is 360 g/mol. The Morgan fingerprint density at radius 3 is 2.48 bits per heavy atom. The van der Waals surface area contributed by atoms with Gasteiger partial charge in [-0.3, -0.25) is 14.9 Å². The number of nitro benzene ring substituents is 1. The molecule has 0 bridgehead atoms. The van der Waals surface area contributed by atoms with Crippen molar-refractivity contribution in [1.29, 1.82) is 0 Å². The van der Waals surface area contributed by atoms with Crippen LogP contribution in [-0.4, -0.2) is 48.1 Å². The number of carbonyl (C=O) groups excluding carboxylic acids is 2. The summed E-state index contributed by atoms with van der Waals surface area (Å²) < 4.78 is 43.1. The maximum atomic E-state index is 12.9. The van der Waals surface area contributed by atoms with E-state index < -0.39 is 41.1 Å². The van der Waals surface area contributed by atoms with Crippen LogP contribution >= 0.6 is 0 Å². The molecular weight excluding hydrogens is 345 g/mol. The van der Waals surface area contributed by atoms with E-state index in [1.807, 2.05) is 0 Å². The molecular formula is C15H15F3N2O5. The van der Waals surface area contributed by atoms with E-state index in [2.05, 4.69) is 4.74 Å². The zero-order valence-corrected chi connectivity index (χ0v) is 13.2. The molecule has 25 heavy (non-hydrogen) atoms. The Hall–Kier alpha value is -2.65. The van der Waals surface area contributed by atoms with Crippen molar-refractivity contribution >= 4 is 17.6 Å². The van der Waals surface area contributed by atoms with Crippen molar-refractivity contribution in [2.24, 2.45) is 5.92 Å². The normalized spacial score (nSPS) is 17.9. The number of hydrogen-bond donors (Lipinski definition) is 0. The Morgan fingerprint density at radius 2 is 1.92 bits per heavy atom. The first-order valence-corrected chi connectivity index (χ1v) is 7.37. The van der Waals surface area contributed by atoms with Gasteiger partial charge in [0.25, 0.3) is 11.6 Å². The number of piperidine rings is 1. The topological polar surface area (TPSA) is 89.8 Å². The first kappa shape index (κ1) is 18.7. The van der Waals surface area contributed by atoms with Crippen LogP contribution in [0.2, 0.25) is 0 Å². The highest BCUT2D eigenvalue weighted by Crippen LogP contribution is 2.33. The first-order valence-electron chi connectivity index (χ1n) is 7.37. The molecule has 1 aromatic rings. The summed E-state index contributed by atoms with van der Waals surface area (Å²) in [7, 11) is 1.07. The van der Waals surface area contributed by atoms with E-state index in [1.165, 1.54) is 0 Å². The SMILES string of the molecule is COC(=O)c1cc(C(=O)N2CCCC(C(F)(F)F)C2)cc([N+](=O)[O-])c1. The van der Waals surface area contributed by atoms with E-state index in [1.54, 1.807) is 0 Å². The molecule has 0 N–H and O–H groups in total. The molecule has 1 unspecified atom stereocenters. The average Bonchev–Trinajstić information content (AvgIpc) is 2.59. The molecule has 1 saturated heterocycles. The third-order valence-corrected chi connectivity index (χ3v) is 3.97. The molecule has 136 valence electrons. The van der Waals surface area contributed by atoms with Gasteiger partial charge >= 0.3 is 12.1 Å². The van der Waals surface area contributed by atoms with Gasteiger partial charge in [-0.15, -0.1) is 0 Å². The van der Waals surface area contributed by atoms with Gasteiger partial charge in [0.2, 0.25) is 0 Å². The van der Waals surface area contributed by atoms with Gasteiger partial charge in [-0.1, -0.05) is 0 Å². The second-order valence-corrected chi connectivity index (χ2v) is 5.65. The summed E-state index contributed by atoms with van der Waals surface area (Å²) in [4.78, 5) is 35.3. The number of esters is 1. The highest BCUT2D eigenvalue weighted by atomic mass is 19.4. The molecule has 1 amide bonds. The van der Waals surface area contributed by atoms with Crippen LogP contribution in [0.5, 0.6) is 0 Å². The minimum atomic E-state index is -4.42. The highest BCUT2D eigenvalue weighted by molar-refractivity contribution is 5.99. The summed E-state index contributed by atoms with van der Waals surface area (Å²) in [6.45, 7) is -0.403. The molecule has 0 saturated carbocycles. The second kappa shape index (κ2) is 7.08. The quantitative estimate of drug-likeness (QED) is 0.470. The molecule has 1 fully saturated rings. The van der Waals surface area contributed by atoms with E-state index in [0.717, 1.165) is 30.2 Å². The number of alkyl halides is 3. The van der Waals surface area contributed by atoms with E-state index in [9.17, 15) is 32.9 Å². The number of nitrogens with zero attached hydrogens (tertiary/aromatic N) is 2. The standard InChI is InChI=1S/C15H15F3N2O5/c1-25-14(22)10-5-9(6-12(7-10)20(23)24)13(21)19-4-2-3-11(8-19)15(16,17)18/h5-7,11H,2-4,8H2,1H3. The summed E-state index contributed by atoms with van der Waals surface area (Å²) in [6.07, 6.45) is -4.32. The summed E-state index contributed by atoms with van der Waals surface area (Å²) in [5, 5.41) is 11.0. The zero-order valence-electron chi connectivity index (χ0n) is 13.2. The molecule has 7 nitrogen and oxygen atoms in total. The van der Waals surface area contributed by atoms with Crippen molar-refractivity contribution in [2.75, 3.05) is 20.2 Å². The third kappa shape index (κ3) is 4.25. The fourth-order valence-electron chi connectivity index (χ4n) is 2.69. The number of methoxy groups -OCH3 is 1. The van der Waals surface area contributed by atoms with Gasteiger partial charge < -0.3 is 9.64 Å². The van der Waals surface area contributed by atoms with Gasteiger partial charge in [0, 0.05) is 30.8 Å². The number of amides is 1. The van der Waals surface area contributed by atoms with Crippen molar-refractivity contribution in [2.45, 2.75) is 19.0 Å². The molecule has 1 atom stereocenters. The van der Waals surface area contributed by atoms with Crippen LogP contribution in [0.25, 0.3) is 0 Å². The van der Waals surface area contributed by atoms with Gasteiger partial charge in [-0.05, 0) is 18.9 Å². The summed E-state index contributed by atoms with van der Waals surface area (Å²) in [5.41, 5.74) is -0.961. The van der Waals surface area contributed by atoms with Crippen molar-refractivity contribution in [1.82, 2.24) is 4.90 Å². The van der Waals surface area contributed by atoms with Crippen LogP contribution in [0.15, 0.2) is 18.2 Å². The fraction of sp³-hybridized carbons (Fsp3) is 0.467. The van der Waals surface area contributed by atoms with Crippen LogP contribution in [0, 0.1) is 16.0 Å². The van der Waals surface area contributed by atoms with Crippen LogP contribution in [0.3, 0.4) is 0 Å². The lowest BCUT2D eigenvalue weighted by molar-refractivity contribution is -0.384. The number of likely N-dealkylation sites (tertiary alicyclic amines) is 1. The molecule has 1 heterocycles. The van der Waals surface area contributed by atoms with Crippen LogP contribution in [-0.2, 0) is 4.74 Å². The smallest absolute Gasteiger partial charge is 0.393 e. The molecule has 1 aromatic carbocycles. The van der Waals surface area contributed by atoms with Crippen LogP contribution < -0.4 is 0 Å². The Kier molecular flexibility index (Phi) is 5.29. The third-order valence-electron chi connectivity index (χ3n) is 3.97. The maximum absolute atomic E-state index is 12.9. The lowest BCUT2D eigenvalue weighted by Crippen LogP contribution is -2.44. The summed E-state index contributed by atoms with van der Waals surface area (Å²) in [5.74, 6) is -3.31. The van der Waals surface area contributed by atoms with E-state index in [0.29, 0.717) is 0 Å². The number of halogens is 3. The number of non-ortho nitro benzene ring substituents is 1. The van der Waals surface area contributed by atoms with E-state index >= 15 is 0 Å². The Labute approximate surface area is 140 Å². The lowest BCUT2D eigenvalue weighted by Gasteiger charge is -2.33. The molecule has 0 spiro atoms. The molecule has 0 aromatic heterocycles. The zero-order chi connectivity index (χ0) is 18.8.